The smallest absolute Gasteiger partial charge is 0.230 e. The summed E-state index contributed by atoms with van der Waals surface area (Å²) in [6, 6.07) is 7.79. The summed E-state index contributed by atoms with van der Waals surface area (Å²) in [6.45, 7) is 3.35. The van der Waals surface area contributed by atoms with Gasteiger partial charge in [0.05, 0.1) is 11.4 Å². The monoisotopic (exact) mass is 401 g/mol. The summed E-state index contributed by atoms with van der Waals surface area (Å²) in [6.07, 6.45) is 7.05. The zero-order chi connectivity index (χ0) is 19.9. The van der Waals surface area contributed by atoms with Crippen LogP contribution >= 0.6 is 11.8 Å². The second kappa shape index (κ2) is 9.73. The highest BCUT2D eigenvalue weighted by Crippen LogP contribution is 2.24. The Labute approximate surface area is 169 Å². The van der Waals surface area contributed by atoms with Crippen molar-refractivity contribution in [2.24, 2.45) is 0 Å². The number of thioether (sulfide) groups is 1. The Morgan fingerprint density at radius 2 is 1.93 bits per heavy atom. The van der Waals surface area contributed by atoms with Crippen LogP contribution in [0.2, 0.25) is 0 Å². The molecule has 1 aromatic carbocycles. The molecular weight excluding hydrogens is 374 g/mol. The minimum Gasteiger partial charge on any atom is -0.353 e. The number of aromatic nitrogens is 3. The molecule has 1 aromatic heterocycles. The fraction of sp³-hybridized carbons (Fsp3) is 0.500. The molecule has 1 saturated carbocycles. The molecule has 2 N–H and O–H groups in total. The van der Waals surface area contributed by atoms with Crippen LogP contribution in [0.3, 0.4) is 0 Å². The first-order chi connectivity index (χ1) is 13.5. The van der Waals surface area contributed by atoms with Crippen molar-refractivity contribution in [3.63, 3.8) is 0 Å². The highest BCUT2D eigenvalue weighted by atomic mass is 32.2. The van der Waals surface area contributed by atoms with Crippen molar-refractivity contribution in [2.75, 3.05) is 11.1 Å². The number of hydrogen-bond donors (Lipinski definition) is 2. The number of anilines is 1. The predicted octanol–water partition coefficient (Wildman–Crippen LogP) is 3.47. The van der Waals surface area contributed by atoms with Crippen molar-refractivity contribution in [1.82, 2.24) is 20.1 Å². The molecule has 0 saturated heterocycles. The van der Waals surface area contributed by atoms with Crippen molar-refractivity contribution < 1.29 is 9.59 Å². The molecule has 150 valence electrons. The third-order valence-corrected chi connectivity index (χ3v) is 5.70. The minimum absolute atomic E-state index is 0.0381. The van der Waals surface area contributed by atoms with E-state index < -0.39 is 0 Å². The number of rotatable bonds is 6. The average Bonchev–Trinajstić information content (AvgIpc) is 2.84. The van der Waals surface area contributed by atoms with Crippen molar-refractivity contribution >= 4 is 29.3 Å². The highest BCUT2D eigenvalue weighted by molar-refractivity contribution is 7.99. The molecule has 0 bridgehead atoms. The van der Waals surface area contributed by atoms with Crippen LogP contribution in [0.25, 0.3) is 5.69 Å². The molecule has 0 radical (unpaired) electrons. The topological polar surface area (TPSA) is 88.9 Å². The van der Waals surface area contributed by atoms with Crippen LogP contribution in [0.4, 0.5) is 5.69 Å². The van der Waals surface area contributed by atoms with Gasteiger partial charge < -0.3 is 10.6 Å². The fourth-order valence-corrected chi connectivity index (χ4v) is 4.29. The molecule has 1 fully saturated rings. The molecule has 0 spiro atoms. The van der Waals surface area contributed by atoms with E-state index in [4.69, 9.17) is 0 Å². The van der Waals surface area contributed by atoms with Crippen LogP contribution in [0, 0.1) is 6.92 Å². The third-order valence-electron chi connectivity index (χ3n) is 4.77. The molecular formula is C20H27N5O2S. The van der Waals surface area contributed by atoms with Gasteiger partial charge in [-0.05, 0) is 38.0 Å². The summed E-state index contributed by atoms with van der Waals surface area (Å²) in [5, 5.41) is 15.0. The summed E-state index contributed by atoms with van der Waals surface area (Å²) >= 11 is 1.37. The first kappa shape index (κ1) is 20.4. The van der Waals surface area contributed by atoms with Crippen molar-refractivity contribution in [3.05, 3.63) is 30.1 Å². The Balaban J connectivity index is 1.66. The van der Waals surface area contributed by atoms with E-state index in [-0.39, 0.29) is 11.8 Å². The summed E-state index contributed by atoms with van der Waals surface area (Å²) in [5.74, 6) is 0.949. The van der Waals surface area contributed by atoms with Gasteiger partial charge in [-0.2, -0.15) is 0 Å². The number of amides is 2. The van der Waals surface area contributed by atoms with Gasteiger partial charge in [0.25, 0.3) is 0 Å². The van der Waals surface area contributed by atoms with E-state index in [2.05, 4.69) is 20.8 Å². The molecule has 3 rings (SSSR count). The SMILES string of the molecule is CC(=O)Nc1cccc(-n2c(C)nnc2SCC(=O)NC2CCCCCC2)c1. The third kappa shape index (κ3) is 5.58. The Morgan fingerprint density at radius 1 is 1.18 bits per heavy atom. The molecule has 7 nitrogen and oxygen atoms in total. The maximum Gasteiger partial charge on any atom is 0.230 e. The van der Waals surface area contributed by atoms with Gasteiger partial charge in [-0.25, -0.2) is 0 Å². The number of hydrogen-bond acceptors (Lipinski definition) is 5. The van der Waals surface area contributed by atoms with Gasteiger partial charge in [0.15, 0.2) is 5.16 Å². The molecule has 0 unspecified atom stereocenters. The normalized spacial score (nSPS) is 15.1. The molecule has 2 amide bonds. The van der Waals surface area contributed by atoms with Gasteiger partial charge in [-0.1, -0.05) is 43.5 Å². The average molecular weight is 402 g/mol. The standard InChI is InChI=1S/C20H27N5O2S/c1-14-23-24-20(25(14)18-11-7-10-17(12-18)21-15(2)26)28-13-19(27)22-16-8-5-3-4-6-9-16/h7,10-12,16H,3-6,8-9,13H2,1-2H3,(H,21,26)(H,22,27). The number of aryl methyl sites for hydroxylation is 1. The summed E-state index contributed by atoms with van der Waals surface area (Å²) < 4.78 is 1.90. The summed E-state index contributed by atoms with van der Waals surface area (Å²) in [4.78, 5) is 23.7. The van der Waals surface area contributed by atoms with Crippen LogP contribution in [0.5, 0.6) is 0 Å². The molecule has 1 aliphatic carbocycles. The lowest BCUT2D eigenvalue weighted by atomic mass is 10.1. The maximum absolute atomic E-state index is 12.4. The second-order valence-electron chi connectivity index (χ2n) is 7.14. The quantitative estimate of drug-likeness (QED) is 0.572. The van der Waals surface area contributed by atoms with Gasteiger partial charge in [-0.3, -0.25) is 14.2 Å². The van der Waals surface area contributed by atoms with Gasteiger partial charge in [0.1, 0.15) is 5.82 Å². The van der Waals surface area contributed by atoms with E-state index in [1.165, 1.54) is 44.4 Å². The van der Waals surface area contributed by atoms with Gasteiger partial charge in [-0.15, -0.1) is 10.2 Å². The Morgan fingerprint density at radius 3 is 2.64 bits per heavy atom. The fourth-order valence-electron chi connectivity index (χ4n) is 3.48. The Hall–Kier alpha value is -2.35. The van der Waals surface area contributed by atoms with Gasteiger partial charge in [0.2, 0.25) is 11.8 Å². The Kier molecular flexibility index (Phi) is 7.08. The van der Waals surface area contributed by atoms with E-state index in [9.17, 15) is 9.59 Å². The molecule has 0 atom stereocenters. The maximum atomic E-state index is 12.4. The highest BCUT2D eigenvalue weighted by Gasteiger charge is 2.17. The molecule has 1 heterocycles. The molecule has 1 aliphatic rings. The first-order valence-electron chi connectivity index (χ1n) is 9.75. The summed E-state index contributed by atoms with van der Waals surface area (Å²) in [5.41, 5.74) is 1.56. The molecule has 8 heteroatoms. The first-order valence-corrected chi connectivity index (χ1v) is 10.7. The van der Waals surface area contributed by atoms with Crippen molar-refractivity contribution in [2.45, 2.75) is 63.6 Å². The van der Waals surface area contributed by atoms with E-state index in [0.717, 1.165) is 24.4 Å². The largest absolute Gasteiger partial charge is 0.353 e. The van der Waals surface area contributed by atoms with Crippen LogP contribution in [-0.2, 0) is 9.59 Å². The molecule has 28 heavy (non-hydrogen) atoms. The van der Waals surface area contributed by atoms with E-state index >= 15 is 0 Å². The van der Waals surface area contributed by atoms with E-state index in [0.29, 0.717) is 22.6 Å². The zero-order valence-corrected chi connectivity index (χ0v) is 17.2. The molecule has 2 aromatic rings. The number of carbonyl (C=O) groups is 2. The van der Waals surface area contributed by atoms with Gasteiger partial charge >= 0.3 is 0 Å². The van der Waals surface area contributed by atoms with Crippen molar-refractivity contribution in [3.8, 4) is 5.69 Å². The van der Waals surface area contributed by atoms with Crippen LogP contribution < -0.4 is 10.6 Å². The van der Waals surface area contributed by atoms with Crippen LogP contribution in [0.15, 0.2) is 29.4 Å². The molecule has 0 aliphatic heterocycles. The lowest BCUT2D eigenvalue weighted by Gasteiger charge is -2.16. The number of carbonyl (C=O) groups excluding carboxylic acids is 2. The summed E-state index contributed by atoms with van der Waals surface area (Å²) in [7, 11) is 0. The number of nitrogens with one attached hydrogen (secondary N) is 2. The second-order valence-corrected chi connectivity index (χ2v) is 8.08. The lowest BCUT2D eigenvalue weighted by molar-refractivity contribution is -0.119. The number of nitrogens with zero attached hydrogens (tertiary/aromatic N) is 3. The van der Waals surface area contributed by atoms with Crippen LogP contribution in [-0.4, -0.2) is 38.4 Å². The minimum atomic E-state index is -0.123. The lowest BCUT2D eigenvalue weighted by Crippen LogP contribution is -2.35. The van der Waals surface area contributed by atoms with Gasteiger partial charge in [0, 0.05) is 18.7 Å². The van der Waals surface area contributed by atoms with E-state index in [1.807, 2.05) is 35.8 Å². The predicted molar refractivity (Wildman–Crippen MR) is 111 cm³/mol. The van der Waals surface area contributed by atoms with Crippen LogP contribution in [0.1, 0.15) is 51.3 Å². The van der Waals surface area contributed by atoms with E-state index in [1.54, 1.807) is 0 Å². The van der Waals surface area contributed by atoms with Crippen molar-refractivity contribution in [1.29, 1.82) is 0 Å². The zero-order valence-electron chi connectivity index (χ0n) is 16.4. The Bertz CT molecular complexity index is 828. The number of benzene rings is 1.